The summed E-state index contributed by atoms with van der Waals surface area (Å²) < 4.78 is 1.54. The molecular weight excluding hydrogens is 287 g/mol. The van der Waals surface area contributed by atoms with Crippen LogP contribution in [0.5, 0.6) is 0 Å². The maximum Gasteiger partial charge on any atom is 0.189 e. The van der Waals surface area contributed by atoms with Crippen molar-refractivity contribution in [2.24, 2.45) is 5.73 Å². The third-order valence-corrected chi connectivity index (χ3v) is 3.27. The van der Waals surface area contributed by atoms with E-state index in [0.717, 1.165) is 5.56 Å². The van der Waals surface area contributed by atoms with E-state index in [1.807, 2.05) is 0 Å². The number of carbonyl (C=O) groups excluding carboxylic acids is 1. The Hall–Kier alpha value is -1.43. The quantitative estimate of drug-likeness (QED) is 0.857. The molecule has 0 aliphatic heterocycles. The lowest BCUT2D eigenvalue weighted by molar-refractivity contribution is 0.0988. The van der Waals surface area contributed by atoms with Gasteiger partial charge in [-0.15, -0.1) is 5.10 Å². The average Bonchev–Trinajstić information content (AvgIpc) is 2.83. The molecule has 2 aromatic rings. The minimum Gasteiger partial charge on any atom is -0.329 e. The molecule has 0 spiro atoms. The van der Waals surface area contributed by atoms with E-state index in [4.69, 9.17) is 28.9 Å². The first-order valence-electron chi connectivity index (χ1n) is 5.67. The zero-order chi connectivity index (χ0) is 13.8. The van der Waals surface area contributed by atoms with Crippen molar-refractivity contribution in [3.8, 4) is 0 Å². The number of aromatic nitrogens is 3. The molecule has 7 heteroatoms. The average molecular weight is 299 g/mol. The van der Waals surface area contributed by atoms with Gasteiger partial charge in [-0.3, -0.25) is 9.48 Å². The van der Waals surface area contributed by atoms with Gasteiger partial charge in [-0.25, -0.2) is 0 Å². The Morgan fingerprint density at radius 1 is 1.32 bits per heavy atom. The summed E-state index contributed by atoms with van der Waals surface area (Å²) in [4.78, 5) is 12.0. The SMILES string of the molecule is NCCn1cc(C(=O)Cc2ccc(Cl)c(Cl)c2)nn1. The van der Waals surface area contributed by atoms with Crippen LogP contribution in [0.1, 0.15) is 16.1 Å². The highest BCUT2D eigenvalue weighted by molar-refractivity contribution is 6.42. The highest BCUT2D eigenvalue weighted by Crippen LogP contribution is 2.23. The van der Waals surface area contributed by atoms with Crippen molar-refractivity contribution in [2.45, 2.75) is 13.0 Å². The summed E-state index contributed by atoms with van der Waals surface area (Å²) in [6, 6.07) is 5.10. The summed E-state index contributed by atoms with van der Waals surface area (Å²) in [6.45, 7) is 0.983. The molecule has 1 aromatic carbocycles. The molecule has 0 aliphatic carbocycles. The largest absolute Gasteiger partial charge is 0.329 e. The van der Waals surface area contributed by atoms with Gasteiger partial charge in [0.05, 0.1) is 22.8 Å². The van der Waals surface area contributed by atoms with Gasteiger partial charge in [-0.1, -0.05) is 34.5 Å². The van der Waals surface area contributed by atoms with Gasteiger partial charge in [0.25, 0.3) is 0 Å². The number of halogens is 2. The van der Waals surface area contributed by atoms with Crippen molar-refractivity contribution in [2.75, 3.05) is 6.54 Å². The van der Waals surface area contributed by atoms with Gasteiger partial charge in [0.1, 0.15) is 5.69 Å². The van der Waals surface area contributed by atoms with Crippen molar-refractivity contribution in [3.05, 3.63) is 45.7 Å². The van der Waals surface area contributed by atoms with E-state index in [-0.39, 0.29) is 12.2 Å². The monoisotopic (exact) mass is 298 g/mol. The zero-order valence-corrected chi connectivity index (χ0v) is 11.5. The molecule has 19 heavy (non-hydrogen) atoms. The summed E-state index contributed by atoms with van der Waals surface area (Å²) >= 11 is 11.7. The van der Waals surface area contributed by atoms with Gasteiger partial charge < -0.3 is 5.73 Å². The van der Waals surface area contributed by atoms with Crippen LogP contribution in [0.15, 0.2) is 24.4 Å². The van der Waals surface area contributed by atoms with Crippen LogP contribution >= 0.6 is 23.2 Å². The Labute approximate surface area is 120 Å². The molecule has 2 N–H and O–H groups in total. The minimum atomic E-state index is -0.123. The smallest absolute Gasteiger partial charge is 0.189 e. The van der Waals surface area contributed by atoms with Crippen molar-refractivity contribution in [3.63, 3.8) is 0 Å². The third kappa shape index (κ3) is 3.53. The Bertz CT molecular complexity index is 597. The maximum absolute atomic E-state index is 12.0. The first kappa shape index (κ1) is 14.0. The number of nitrogens with zero attached hydrogens (tertiary/aromatic N) is 3. The summed E-state index contributed by atoms with van der Waals surface area (Å²) in [5.41, 5.74) is 6.50. The van der Waals surface area contributed by atoms with Crippen LogP contribution < -0.4 is 5.73 Å². The number of hydrogen-bond donors (Lipinski definition) is 1. The number of rotatable bonds is 5. The van der Waals surface area contributed by atoms with Crippen molar-refractivity contribution in [1.29, 1.82) is 0 Å². The second-order valence-corrected chi connectivity index (χ2v) is 4.82. The summed E-state index contributed by atoms with van der Waals surface area (Å²) in [6.07, 6.45) is 1.80. The van der Waals surface area contributed by atoms with Gasteiger partial charge in [0, 0.05) is 13.0 Å². The molecule has 100 valence electrons. The third-order valence-electron chi connectivity index (χ3n) is 2.53. The number of Topliss-reactive ketones (excluding diaryl/α,β-unsaturated/α-hetero) is 1. The molecule has 0 bridgehead atoms. The summed E-state index contributed by atoms with van der Waals surface area (Å²) in [5.74, 6) is -0.123. The Morgan fingerprint density at radius 3 is 2.79 bits per heavy atom. The Morgan fingerprint density at radius 2 is 2.11 bits per heavy atom. The van der Waals surface area contributed by atoms with Gasteiger partial charge >= 0.3 is 0 Å². The van der Waals surface area contributed by atoms with Crippen LogP contribution in [0.4, 0.5) is 0 Å². The molecule has 1 heterocycles. The fourth-order valence-electron chi connectivity index (χ4n) is 1.59. The van der Waals surface area contributed by atoms with Crippen molar-refractivity contribution < 1.29 is 4.79 Å². The van der Waals surface area contributed by atoms with Crippen LogP contribution in [0.3, 0.4) is 0 Å². The topological polar surface area (TPSA) is 73.8 Å². The normalized spacial score (nSPS) is 10.7. The lowest BCUT2D eigenvalue weighted by atomic mass is 10.1. The van der Waals surface area contributed by atoms with Crippen LogP contribution in [-0.2, 0) is 13.0 Å². The van der Waals surface area contributed by atoms with E-state index < -0.39 is 0 Å². The number of benzene rings is 1. The molecule has 0 saturated carbocycles. The lowest BCUT2D eigenvalue weighted by Gasteiger charge is -2.01. The van der Waals surface area contributed by atoms with E-state index in [1.165, 1.54) is 0 Å². The van der Waals surface area contributed by atoms with Crippen LogP contribution in [0.2, 0.25) is 10.0 Å². The standard InChI is InChI=1S/C12H12Cl2N4O/c13-9-2-1-8(5-10(9)14)6-12(19)11-7-18(4-3-15)17-16-11/h1-2,5,7H,3-4,6,15H2. The first-order chi connectivity index (χ1) is 9.10. The molecule has 0 unspecified atom stereocenters. The van der Waals surface area contributed by atoms with Crippen molar-refractivity contribution >= 4 is 29.0 Å². The Balaban J connectivity index is 2.09. The molecule has 0 amide bonds. The summed E-state index contributed by atoms with van der Waals surface area (Å²) in [7, 11) is 0. The zero-order valence-electron chi connectivity index (χ0n) is 10.0. The molecule has 0 aliphatic rings. The molecule has 0 saturated heterocycles. The molecule has 5 nitrogen and oxygen atoms in total. The van der Waals surface area contributed by atoms with E-state index in [9.17, 15) is 4.79 Å². The van der Waals surface area contributed by atoms with Crippen molar-refractivity contribution in [1.82, 2.24) is 15.0 Å². The number of nitrogens with two attached hydrogens (primary N) is 1. The molecule has 0 atom stereocenters. The molecule has 0 radical (unpaired) electrons. The fraction of sp³-hybridized carbons (Fsp3) is 0.250. The highest BCUT2D eigenvalue weighted by atomic mass is 35.5. The second-order valence-electron chi connectivity index (χ2n) is 4.00. The van der Waals surface area contributed by atoms with E-state index in [2.05, 4.69) is 10.3 Å². The van der Waals surface area contributed by atoms with Crippen LogP contribution in [0, 0.1) is 0 Å². The lowest BCUT2D eigenvalue weighted by Crippen LogP contribution is -2.10. The molecule has 0 fully saturated rings. The molecule has 2 rings (SSSR count). The number of carbonyl (C=O) groups is 1. The van der Waals surface area contributed by atoms with E-state index in [0.29, 0.717) is 28.8 Å². The first-order valence-corrected chi connectivity index (χ1v) is 6.43. The fourth-order valence-corrected chi connectivity index (χ4v) is 1.91. The minimum absolute atomic E-state index is 0.123. The number of hydrogen-bond acceptors (Lipinski definition) is 4. The molecule has 1 aromatic heterocycles. The maximum atomic E-state index is 12.0. The van der Waals surface area contributed by atoms with Crippen LogP contribution in [-0.4, -0.2) is 27.3 Å². The number of ketones is 1. The molecular formula is C12H12Cl2N4O. The van der Waals surface area contributed by atoms with Gasteiger partial charge in [-0.2, -0.15) is 0 Å². The van der Waals surface area contributed by atoms with Crippen LogP contribution in [0.25, 0.3) is 0 Å². The van der Waals surface area contributed by atoms with Gasteiger partial charge in [0.15, 0.2) is 5.78 Å². The summed E-state index contributed by atoms with van der Waals surface area (Å²) in [5, 5.41) is 8.53. The Kier molecular flexibility index (Phi) is 4.52. The van der Waals surface area contributed by atoms with Gasteiger partial charge in [0.2, 0.25) is 0 Å². The highest BCUT2D eigenvalue weighted by Gasteiger charge is 2.12. The predicted molar refractivity (Wildman–Crippen MR) is 73.6 cm³/mol. The predicted octanol–water partition coefficient (Wildman–Crippen LogP) is 1.97. The van der Waals surface area contributed by atoms with E-state index >= 15 is 0 Å². The van der Waals surface area contributed by atoms with Gasteiger partial charge in [-0.05, 0) is 17.7 Å². The van der Waals surface area contributed by atoms with E-state index in [1.54, 1.807) is 29.1 Å². The second kappa shape index (κ2) is 6.14.